The zero-order valence-corrected chi connectivity index (χ0v) is 5.29. The van der Waals surface area contributed by atoms with Gasteiger partial charge in [0.25, 0.3) is 0 Å². The fourth-order valence-electron chi connectivity index (χ4n) is 0.526. The molecular weight excluding hydrogens is 136 g/mol. The fourth-order valence-corrected chi connectivity index (χ4v) is 0.526. The summed E-state index contributed by atoms with van der Waals surface area (Å²) in [4.78, 5) is 10.5. The van der Waals surface area contributed by atoms with E-state index in [2.05, 4.69) is 9.68 Å². The van der Waals surface area contributed by atoms with E-state index in [1.54, 1.807) is 6.92 Å². The van der Waals surface area contributed by atoms with Gasteiger partial charge < -0.3 is 4.52 Å². The molecule has 1 rings (SSSR count). The number of hydroxylamine groups is 1. The predicted octanol–water partition coefficient (Wildman–Crippen LogP) is 0.102. The number of rotatable bonds is 1. The Labute approximate surface area is 56.6 Å². The summed E-state index contributed by atoms with van der Waals surface area (Å²) in [5, 5.41) is 11.5. The zero-order valence-electron chi connectivity index (χ0n) is 5.29. The lowest BCUT2D eigenvalue weighted by atomic mass is 10.4. The molecule has 0 unspecified atom stereocenters. The maximum Gasteiger partial charge on any atom is 0.313 e. The maximum absolute atomic E-state index is 10.5. The topological polar surface area (TPSA) is 75.4 Å². The van der Waals surface area contributed by atoms with Gasteiger partial charge in [0.2, 0.25) is 5.76 Å². The van der Waals surface area contributed by atoms with Crippen molar-refractivity contribution >= 4 is 5.91 Å². The van der Waals surface area contributed by atoms with Crippen molar-refractivity contribution < 1.29 is 14.5 Å². The number of aryl methyl sites for hydroxylation is 1. The van der Waals surface area contributed by atoms with E-state index < -0.39 is 5.91 Å². The van der Waals surface area contributed by atoms with Gasteiger partial charge in [-0.15, -0.1) is 0 Å². The molecule has 1 aromatic rings. The Balaban J connectivity index is 2.85. The van der Waals surface area contributed by atoms with Crippen LogP contribution in [0.2, 0.25) is 0 Å². The van der Waals surface area contributed by atoms with Crippen molar-refractivity contribution in [2.24, 2.45) is 0 Å². The number of amides is 1. The average Bonchev–Trinajstić information content (AvgIpc) is 2.34. The maximum atomic E-state index is 10.5. The molecule has 5 nitrogen and oxygen atoms in total. The van der Waals surface area contributed by atoms with E-state index in [1.807, 2.05) is 0 Å². The van der Waals surface area contributed by atoms with Crippen LogP contribution < -0.4 is 5.48 Å². The lowest BCUT2D eigenvalue weighted by Crippen LogP contribution is -2.17. The van der Waals surface area contributed by atoms with E-state index in [-0.39, 0.29) is 5.76 Å². The smallest absolute Gasteiger partial charge is 0.313 e. The summed E-state index contributed by atoms with van der Waals surface area (Å²) < 4.78 is 4.49. The summed E-state index contributed by atoms with van der Waals surface area (Å²) in [6, 6.07) is 1.42. The van der Waals surface area contributed by atoms with Gasteiger partial charge in [0.15, 0.2) is 0 Å². The van der Waals surface area contributed by atoms with Crippen LogP contribution in [0.3, 0.4) is 0 Å². The van der Waals surface area contributed by atoms with E-state index in [4.69, 9.17) is 5.21 Å². The van der Waals surface area contributed by atoms with Gasteiger partial charge in [0.1, 0.15) is 0 Å². The third-order valence-corrected chi connectivity index (χ3v) is 0.953. The van der Waals surface area contributed by atoms with Crippen LogP contribution >= 0.6 is 0 Å². The monoisotopic (exact) mass is 142 g/mol. The third-order valence-electron chi connectivity index (χ3n) is 0.953. The molecule has 0 fully saturated rings. The highest BCUT2D eigenvalue weighted by atomic mass is 16.5. The molecule has 0 bridgehead atoms. The van der Waals surface area contributed by atoms with Crippen molar-refractivity contribution in [1.82, 2.24) is 10.6 Å². The van der Waals surface area contributed by atoms with Crippen molar-refractivity contribution in [1.29, 1.82) is 0 Å². The SMILES string of the molecule is Cc1cc(C(=O)NO)on1. The highest BCUT2D eigenvalue weighted by molar-refractivity contribution is 5.90. The van der Waals surface area contributed by atoms with Gasteiger partial charge in [-0.25, -0.2) is 5.48 Å². The first kappa shape index (κ1) is 6.76. The number of carbonyl (C=O) groups is 1. The molecule has 0 saturated heterocycles. The molecule has 0 aliphatic heterocycles. The summed E-state index contributed by atoms with van der Waals surface area (Å²) in [5.41, 5.74) is 2.02. The largest absolute Gasteiger partial charge is 0.351 e. The second kappa shape index (κ2) is 2.49. The second-order valence-electron chi connectivity index (χ2n) is 1.77. The minimum atomic E-state index is -0.694. The summed E-state index contributed by atoms with van der Waals surface area (Å²) in [7, 11) is 0. The van der Waals surface area contributed by atoms with Crippen molar-refractivity contribution in [2.45, 2.75) is 6.92 Å². The molecule has 2 N–H and O–H groups in total. The molecule has 10 heavy (non-hydrogen) atoms. The highest BCUT2D eigenvalue weighted by Crippen LogP contribution is 2.00. The molecule has 5 heteroatoms. The van der Waals surface area contributed by atoms with Crippen molar-refractivity contribution in [3.05, 3.63) is 17.5 Å². The molecule has 1 aromatic heterocycles. The van der Waals surface area contributed by atoms with E-state index in [0.717, 1.165) is 0 Å². The van der Waals surface area contributed by atoms with E-state index >= 15 is 0 Å². The predicted molar refractivity (Wildman–Crippen MR) is 30.5 cm³/mol. The molecule has 0 radical (unpaired) electrons. The van der Waals surface area contributed by atoms with Gasteiger partial charge in [-0.1, -0.05) is 5.16 Å². The van der Waals surface area contributed by atoms with Crippen LogP contribution in [0.1, 0.15) is 16.2 Å². The van der Waals surface area contributed by atoms with E-state index in [9.17, 15) is 4.79 Å². The Morgan fingerprint density at radius 3 is 3.00 bits per heavy atom. The molecule has 0 aliphatic rings. The number of nitrogens with zero attached hydrogens (tertiary/aromatic N) is 1. The summed E-state index contributed by atoms with van der Waals surface area (Å²) in [5.74, 6) is -0.694. The molecule has 0 spiro atoms. The van der Waals surface area contributed by atoms with Crippen LogP contribution in [0.4, 0.5) is 0 Å². The Bertz CT molecular complexity index is 243. The average molecular weight is 142 g/mol. The molecule has 0 atom stereocenters. The highest BCUT2D eigenvalue weighted by Gasteiger charge is 2.08. The number of hydrogen-bond acceptors (Lipinski definition) is 4. The lowest BCUT2D eigenvalue weighted by Gasteiger charge is -1.87. The fraction of sp³-hybridized carbons (Fsp3) is 0.200. The zero-order chi connectivity index (χ0) is 7.56. The summed E-state index contributed by atoms with van der Waals surface area (Å²) >= 11 is 0. The third kappa shape index (κ3) is 1.14. The van der Waals surface area contributed by atoms with Crippen molar-refractivity contribution in [3.8, 4) is 0 Å². The van der Waals surface area contributed by atoms with Crippen molar-refractivity contribution in [2.75, 3.05) is 0 Å². The van der Waals surface area contributed by atoms with Crippen LogP contribution in [-0.4, -0.2) is 16.3 Å². The Morgan fingerprint density at radius 1 is 1.90 bits per heavy atom. The van der Waals surface area contributed by atoms with Gasteiger partial charge in [0, 0.05) is 6.07 Å². The molecular formula is C5H6N2O3. The van der Waals surface area contributed by atoms with Crippen LogP contribution in [0.25, 0.3) is 0 Å². The van der Waals surface area contributed by atoms with Gasteiger partial charge in [-0.05, 0) is 6.92 Å². The van der Waals surface area contributed by atoms with Gasteiger partial charge in [-0.3, -0.25) is 10.0 Å². The Hall–Kier alpha value is -1.36. The Morgan fingerprint density at radius 2 is 2.60 bits per heavy atom. The van der Waals surface area contributed by atoms with Gasteiger partial charge in [0.05, 0.1) is 5.69 Å². The standard InChI is InChI=1S/C5H6N2O3/c1-3-2-4(10-7-3)5(8)6-9/h2,9H,1H3,(H,6,8). The minimum Gasteiger partial charge on any atom is -0.351 e. The molecule has 0 saturated carbocycles. The number of nitrogens with one attached hydrogen (secondary N) is 1. The number of hydrogen-bond donors (Lipinski definition) is 2. The normalized spacial score (nSPS) is 9.40. The van der Waals surface area contributed by atoms with E-state index in [0.29, 0.717) is 5.69 Å². The molecule has 1 heterocycles. The first-order valence-electron chi connectivity index (χ1n) is 2.62. The number of carbonyl (C=O) groups excluding carboxylic acids is 1. The van der Waals surface area contributed by atoms with Gasteiger partial charge >= 0.3 is 5.91 Å². The van der Waals surface area contributed by atoms with Crippen LogP contribution in [-0.2, 0) is 0 Å². The van der Waals surface area contributed by atoms with Crippen LogP contribution in [0, 0.1) is 6.92 Å². The van der Waals surface area contributed by atoms with Crippen LogP contribution in [0.5, 0.6) is 0 Å². The minimum absolute atomic E-state index is 0.000000000000000222. The molecule has 1 amide bonds. The van der Waals surface area contributed by atoms with Crippen LogP contribution in [0.15, 0.2) is 10.6 Å². The van der Waals surface area contributed by atoms with Crippen molar-refractivity contribution in [3.63, 3.8) is 0 Å². The number of aromatic nitrogens is 1. The summed E-state index contributed by atoms with van der Waals surface area (Å²) in [6.07, 6.45) is 0. The first-order chi connectivity index (χ1) is 4.74. The van der Waals surface area contributed by atoms with E-state index in [1.165, 1.54) is 11.5 Å². The summed E-state index contributed by atoms with van der Waals surface area (Å²) in [6.45, 7) is 1.68. The quantitative estimate of drug-likeness (QED) is 0.430. The Kier molecular flexibility index (Phi) is 1.68. The second-order valence-corrected chi connectivity index (χ2v) is 1.77. The lowest BCUT2D eigenvalue weighted by molar-refractivity contribution is 0.0667. The molecule has 54 valence electrons. The van der Waals surface area contributed by atoms with Gasteiger partial charge in [-0.2, -0.15) is 0 Å². The first-order valence-corrected chi connectivity index (χ1v) is 2.62. The molecule has 0 aromatic carbocycles. The molecule has 0 aliphatic carbocycles.